The molecule has 0 aliphatic rings. The van der Waals surface area contributed by atoms with Gasteiger partial charge in [-0.3, -0.25) is 4.79 Å². The van der Waals surface area contributed by atoms with Crippen molar-refractivity contribution in [1.82, 2.24) is 5.43 Å². The molecule has 0 atom stereocenters. The number of benzene rings is 3. The third-order valence-corrected chi connectivity index (χ3v) is 4.98. The Hall–Kier alpha value is -3.80. The van der Waals surface area contributed by atoms with Crippen molar-refractivity contribution in [3.05, 3.63) is 89.0 Å². The Morgan fingerprint density at radius 3 is 2.48 bits per heavy atom. The average molecular weight is 447 g/mol. The Morgan fingerprint density at radius 2 is 1.76 bits per heavy atom. The summed E-state index contributed by atoms with van der Waals surface area (Å²) in [6, 6.07) is 21.4. The van der Waals surface area contributed by atoms with Gasteiger partial charge in [-0.05, 0) is 59.4 Å². The summed E-state index contributed by atoms with van der Waals surface area (Å²) in [5.74, 6) is 1.91. The van der Waals surface area contributed by atoms with Gasteiger partial charge in [0.15, 0.2) is 18.1 Å². The van der Waals surface area contributed by atoms with Gasteiger partial charge in [0.05, 0.1) is 13.3 Å². The van der Waals surface area contributed by atoms with E-state index in [9.17, 15) is 4.79 Å². The highest BCUT2D eigenvalue weighted by atomic mass is 16.5. The van der Waals surface area contributed by atoms with Crippen LogP contribution in [0.2, 0.25) is 0 Å². The molecular formula is C27H30N2O4. The second-order valence-corrected chi connectivity index (χ2v) is 7.96. The van der Waals surface area contributed by atoms with E-state index in [4.69, 9.17) is 14.2 Å². The first-order valence-corrected chi connectivity index (χ1v) is 10.9. The number of methoxy groups -OCH3 is 1. The predicted molar refractivity (Wildman–Crippen MR) is 130 cm³/mol. The highest BCUT2D eigenvalue weighted by Gasteiger charge is 2.10. The molecule has 0 aliphatic heterocycles. The van der Waals surface area contributed by atoms with Crippen LogP contribution in [-0.4, -0.2) is 25.8 Å². The van der Waals surface area contributed by atoms with Gasteiger partial charge in [-0.25, -0.2) is 5.43 Å². The fourth-order valence-corrected chi connectivity index (χ4v) is 3.22. The number of rotatable bonds is 10. The minimum atomic E-state index is -0.336. The lowest BCUT2D eigenvalue weighted by Crippen LogP contribution is -2.25. The van der Waals surface area contributed by atoms with Crippen molar-refractivity contribution in [1.29, 1.82) is 0 Å². The van der Waals surface area contributed by atoms with E-state index in [-0.39, 0.29) is 12.5 Å². The van der Waals surface area contributed by atoms with Gasteiger partial charge < -0.3 is 14.2 Å². The van der Waals surface area contributed by atoms with Crippen molar-refractivity contribution in [2.75, 3.05) is 13.7 Å². The molecule has 0 unspecified atom stereocenters. The second-order valence-electron chi connectivity index (χ2n) is 7.96. The summed E-state index contributed by atoms with van der Waals surface area (Å²) in [6.07, 6.45) is 1.55. The first kappa shape index (κ1) is 23.9. The SMILES string of the molecule is COc1cc(/C=N/NC(=O)COc2cc(C)ccc2C(C)C)ccc1OCc1ccccc1. The number of carbonyl (C=O) groups excluding carboxylic acids is 1. The molecule has 0 saturated carbocycles. The molecule has 0 aliphatic carbocycles. The minimum Gasteiger partial charge on any atom is -0.493 e. The van der Waals surface area contributed by atoms with Crippen LogP contribution in [0.5, 0.6) is 17.2 Å². The van der Waals surface area contributed by atoms with Crippen LogP contribution in [0.4, 0.5) is 0 Å². The molecule has 3 rings (SSSR count). The molecule has 172 valence electrons. The van der Waals surface area contributed by atoms with E-state index in [1.807, 2.05) is 67.6 Å². The van der Waals surface area contributed by atoms with E-state index in [0.717, 1.165) is 28.0 Å². The summed E-state index contributed by atoms with van der Waals surface area (Å²) in [5, 5.41) is 4.03. The zero-order valence-corrected chi connectivity index (χ0v) is 19.5. The standard InChI is InChI=1S/C27H30N2O4/c1-19(2)23-12-10-20(3)14-25(23)33-18-27(30)29-28-16-22-11-13-24(26(15-22)31-4)32-17-21-8-6-5-7-9-21/h5-16,19H,17-18H2,1-4H3,(H,29,30)/b28-16+. The molecular weight excluding hydrogens is 416 g/mol. The van der Waals surface area contributed by atoms with Gasteiger partial charge in [0.25, 0.3) is 5.91 Å². The maximum absolute atomic E-state index is 12.2. The van der Waals surface area contributed by atoms with Crippen LogP contribution < -0.4 is 19.6 Å². The van der Waals surface area contributed by atoms with Gasteiger partial charge in [0.2, 0.25) is 0 Å². The van der Waals surface area contributed by atoms with E-state index in [0.29, 0.717) is 24.0 Å². The molecule has 6 heteroatoms. The van der Waals surface area contributed by atoms with E-state index in [1.165, 1.54) is 0 Å². The van der Waals surface area contributed by atoms with Crippen LogP contribution in [0.15, 0.2) is 71.8 Å². The molecule has 0 saturated heterocycles. The van der Waals surface area contributed by atoms with Crippen molar-refractivity contribution in [3.8, 4) is 17.2 Å². The van der Waals surface area contributed by atoms with Crippen LogP contribution >= 0.6 is 0 Å². The monoisotopic (exact) mass is 446 g/mol. The molecule has 3 aromatic carbocycles. The number of hydrogen-bond acceptors (Lipinski definition) is 5. The van der Waals surface area contributed by atoms with Crippen LogP contribution in [0.25, 0.3) is 0 Å². The van der Waals surface area contributed by atoms with Crippen molar-refractivity contribution in [2.24, 2.45) is 5.10 Å². The first-order chi connectivity index (χ1) is 16.0. The Balaban J connectivity index is 1.54. The Morgan fingerprint density at radius 1 is 0.970 bits per heavy atom. The predicted octanol–water partition coefficient (Wildman–Crippen LogP) is 5.24. The average Bonchev–Trinajstić information content (AvgIpc) is 2.82. The smallest absolute Gasteiger partial charge is 0.277 e. The Kier molecular flexibility index (Phi) is 8.47. The van der Waals surface area contributed by atoms with Gasteiger partial charge in [-0.15, -0.1) is 0 Å². The number of nitrogens with zero attached hydrogens (tertiary/aromatic N) is 1. The number of amides is 1. The Bertz CT molecular complexity index is 1090. The lowest BCUT2D eigenvalue weighted by Gasteiger charge is -2.14. The first-order valence-electron chi connectivity index (χ1n) is 10.9. The number of ether oxygens (including phenoxy) is 3. The summed E-state index contributed by atoms with van der Waals surface area (Å²) < 4.78 is 17.0. The van der Waals surface area contributed by atoms with Crippen molar-refractivity contribution in [3.63, 3.8) is 0 Å². The number of hydrogen-bond donors (Lipinski definition) is 1. The number of nitrogens with one attached hydrogen (secondary N) is 1. The number of aryl methyl sites for hydroxylation is 1. The van der Waals surface area contributed by atoms with Gasteiger partial charge in [0.1, 0.15) is 12.4 Å². The molecule has 33 heavy (non-hydrogen) atoms. The molecule has 0 heterocycles. The third kappa shape index (κ3) is 7.10. The van der Waals surface area contributed by atoms with Gasteiger partial charge in [-0.1, -0.05) is 56.3 Å². The van der Waals surface area contributed by atoms with E-state index in [2.05, 4.69) is 24.4 Å². The van der Waals surface area contributed by atoms with E-state index >= 15 is 0 Å². The fourth-order valence-electron chi connectivity index (χ4n) is 3.22. The molecule has 1 N–H and O–H groups in total. The second kappa shape index (κ2) is 11.7. The zero-order chi connectivity index (χ0) is 23.6. The van der Waals surface area contributed by atoms with Crippen molar-refractivity contribution >= 4 is 12.1 Å². The molecule has 0 aromatic heterocycles. The lowest BCUT2D eigenvalue weighted by molar-refractivity contribution is -0.123. The maximum Gasteiger partial charge on any atom is 0.277 e. The fraction of sp³-hybridized carbons (Fsp3) is 0.259. The van der Waals surface area contributed by atoms with Crippen LogP contribution in [0, 0.1) is 6.92 Å². The molecule has 6 nitrogen and oxygen atoms in total. The van der Waals surface area contributed by atoms with Gasteiger partial charge >= 0.3 is 0 Å². The summed E-state index contributed by atoms with van der Waals surface area (Å²) in [6.45, 7) is 6.51. The molecule has 3 aromatic rings. The molecule has 0 fully saturated rings. The quantitative estimate of drug-likeness (QED) is 0.342. The van der Waals surface area contributed by atoms with Crippen molar-refractivity contribution in [2.45, 2.75) is 33.3 Å². The minimum absolute atomic E-state index is 0.115. The highest BCUT2D eigenvalue weighted by Crippen LogP contribution is 2.29. The highest BCUT2D eigenvalue weighted by molar-refractivity contribution is 5.83. The molecule has 0 spiro atoms. The van der Waals surface area contributed by atoms with E-state index < -0.39 is 0 Å². The summed E-state index contributed by atoms with van der Waals surface area (Å²) in [4.78, 5) is 12.2. The normalized spacial score (nSPS) is 10.9. The number of carbonyl (C=O) groups is 1. The zero-order valence-electron chi connectivity index (χ0n) is 19.5. The topological polar surface area (TPSA) is 69.2 Å². The Labute approximate surface area is 195 Å². The van der Waals surface area contributed by atoms with Crippen LogP contribution in [-0.2, 0) is 11.4 Å². The van der Waals surface area contributed by atoms with Crippen LogP contribution in [0.1, 0.15) is 42.0 Å². The molecule has 0 radical (unpaired) electrons. The van der Waals surface area contributed by atoms with Crippen LogP contribution in [0.3, 0.4) is 0 Å². The summed E-state index contributed by atoms with van der Waals surface area (Å²) >= 11 is 0. The number of hydrazone groups is 1. The van der Waals surface area contributed by atoms with Crippen molar-refractivity contribution < 1.29 is 19.0 Å². The van der Waals surface area contributed by atoms with E-state index in [1.54, 1.807) is 19.4 Å². The van der Waals surface area contributed by atoms with Gasteiger partial charge in [-0.2, -0.15) is 5.10 Å². The third-order valence-electron chi connectivity index (χ3n) is 4.98. The maximum atomic E-state index is 12.2. The largest absolute Gasteiger partial charge is 0.493 e. The van der Waals surface area contributed by atoms with Gasteiger partial charge in [0, 0.05) is 0 Å². The summed E-state index contributed by atoms with van der Waals surface area (Å²) in [7, 11) is 1.58. The lowest BCUT2D eigenvalue weighted by atomic mass is 10.0. The summed E-state index contributed by atoms with van der Waals surface area (Å²) in [5.41, 5.74) is 6.48. The molecule has 1 amide bonds. The molecule has 0 bridgehead atoms.